The van der Waals surface area contributed by atoms with E-state index in [-0.39, 0.29) is 18.3 Å². The van der Waals surface area contributed by atoms with Crippen molar-refractivity contribution in [3.63, 3.8) is 0 Å². The van der Waals surface area contributed by atoms with Crippen molar-refractivity contribution in [1.29, 1.82) is 0 Å². The molecule has 0 atom stereocenters. The van der Waals surface area contributed by atoms with Crippen LogP contribution >= 0.6 is 12.4 Å². The van der Waals surface area contributed by atoms with Gasteiger partial charge in [0.25, 0.3) is 0 Å². The molecular formula is C17H27ClN2O4. The Morgan fingerprint density at radius 1 is 1.17 bits per heavy atom. The van der Waals surface area contributed by atoms with E-state index in [0.717, 1.165) is 17.9 Å². The van der Waals surface area contributed by atoms with Crippen LogP contribution in [0.2, 0.25) is 0 Å². The number of methoxy groups -OCH3 is 1. The lowest BCUT2D eigenvalue weighted by Gasteiger charge is -2.26. The standard InChI is InChI=1S/C17H26N2O4.ClH/c1-17(2,16(20)19-7-6-18-8-9-21-3)13-4-5-14-15(12-13)23-11-10-22-14;/h4-5,12,18H,6-11H2,1-3H3,(H,19,20);1H. The number of carbonyl (C=O) groups excluding carboxylic acids is 1. The zero-order chi connectivity index (χ0) is 16.7. The first kappa shape index (κ1) is 20.5. The lowest BCUT2D eigenvalue weighted by Crippen LogP contribution is -2.43. The number of rotatable bonds is 8. The zero-order valence-corrected chi connectivity index (χ0v) is 15.3. The topological polar surface area (TPSA) is 68.8 Å². The van der Waals surface area contributed by atoms with Crippen molar-refractivity contribution in [3.8, 4) is 11.5 Å². The molecule has 1 aromatic carbocycles. The number of benzene rings is 1. The van der Waals surface area contributed by atoms with Gasteiger partial charge in [-0.2, -0.15) is 0 Å². The number of halogens is 1. The summed E-state index contributed by atoms with van der Waals surface area (Å²) in [4.78, 5) is 12.5. The number of fused-ring (bicyclic) bond motifs is 1. The SMILES string of the molecule is COCCNCCNC(=O)C(C)(C)c1ccc2c(c1)OCCO2.Cl. The molecule has 0 spiro atoms. The van der Waals surface area contributed by atoms with Gasteiger partial charge in [0, 0.05) is 26.7 Å². The first-order chi connectivity index (χ1) is 11.1. The summed E-state index contributed by atoms with van der Waals surface area (Å²) in [7, 11) is 1.67. The number of amides is 1. The molecule has 136 valence electrons. The first-order valence-corrected chi connectivity index (χ1v) is 7.94. The van der Waals surface area contributed by atoms with E-state index in [0.29, 0.717) is 38.7 Å². The summed E-state index contributed by atoms with van der Waals surface area (Å²) in [5.41, 5.74) is 0.272. The van der Waals surface area contributed by atoms with Crippen molar-refractivity contribution >= 4 is 18.3 Å². The highest BCUT2D eigenvalue weighted by Gasteiger charge is 2.30. The van der Waals surface area contributed by atoms with Crippen LogP contribution in [-0.2, 0) is 14.9 Å². The normalized spacial score (nSPS) is 13.1. The summed E-state index contributed by atoms with van der Waals surface area (Å²) in [5.74, 6) is 1.43. The molecule has 1 aromatic rings. The number of nitrogens with one attached hydrogen (secondary N) is 2. The Morgan fingerprint density at radius 3 is 2.58 bits per heavy atom. The van der Waals surface area contributed by atoms with E-state index in [1.807, 2.05) is 32.0 Å². The quantitative estimate of drug-likeness (QED) is 0.689. The Balaban J connectivity index is 0.00000288. The molecule has 0 saturated carbocycles. The second-order valence-corrected chi connectivity index (χ2v) is 5.98. The smallest absolute Gasteiger partial charge is 0.230 e. The highest BCUT2D eigenvalue weighted by atomic mass is 35.5. The van der Waals surface area contributed by atoms with Crippen LogP contribution in [0, 0.1) is 0 Å². The van der Waals surface area contributed by atoms with Gasteiger partial charge in [0.15, 0.2) is 11.5 Å². The van der Waals surface area contributed by atoms with Crippen LogP contribution in [0.5, 0.6) is 11.5 Å². The largest absolute Gasteiger partial charge is 0.486 e. The van der Waals surface area contributed by atoms with Crippen LogP contribution in [0.25, 0.3) is 0 Å². The molecule has 0 fully saturated rings. The fourth-order valence-electron chi connectivity index (χ4n) is 2.35. The van der Waals surface area contributed by atoms with Crippen LogP contribution < -0.4 is 20.1 Å². The number of hydrogen-bond acceptors (Lipinski definition) is 5. The van der Waals surface area contributed by atoms with Gasteiger partial charge >= 0.3 is 0 Å². The molecule has 0 bridgehead atoms. The molecular weight excluding hydrogens is 332 g/mol. The maximum Gasteiger partial charge on any atom is 0.230 e. The monoisotopic (exact) mass is 358 g/mol. The minimum atomic E-state index is -0.637. The van der Waals surface area contributed by atoms with E-state index >= 15 is 0 Å². The second kappa shape index (κ2) is 9.71. The number of hydrogen-bond donors (Lipinski definition) is 2. The maximum absolute atomic E-state index is 12.5. The summed E-state index contributed by atoms with van der Waals surface area (Å²) >= 11 is 0. The van der Waals surface area contributed by atoms with Gasteiger partial charge in [-0.3, -0.25) is 4.79 Å². The van der Waals surface area contributed by atoms with E-state index in [1.54, 1.807) is 7.11 Å². The van der Waals surface area contributed by atoms with Gasteiger partial charge in [-0.15, -0.1) is 12.4 Å². The van der Waals surface area contributed by atoms with E-state index in [9.17, 15) is 4.79 Å². The maximum atomic E-state index is 12.5. The molecule has 2 N–H and O–H groups in total. The van der Waals surface area contributed by atoms with Gasteiger partial charge in [0.1, 0.15) is 13.2 Å². The van der Waals surface area contributed by atoms with Crippen LogP contribution in [-0.4, -0.2) is 52.5 Å². The number of carbonyl (C=O) groups is 1. The molecule has 1 heterocycles. The Morgan fingerprint density at radius 2 is 1.88 bits per heavy atom. The van der Waals surface area contributed by atoms with Crippen molar-refractivity contribution < 1.29 is 19.0 Å². The van der Waals surface area contributed by atoms with Gasteiger partial charge in [-0.1, -0.05) is 6.07 Å². The zero-order valence-electron chi connectivity index (χ0n) is 14.5. The summed E-state index contributed by atoms with van der Waals surface area (Å²) in [5, 5.41) is 6.16. The van der Waals surface area contributed by atoms with E-state index in [1.165, 1.54) is 0 Å². The van der Waals surface area contributed by atoms with Crippen molar-refractivity contribution in [2.24, 2.45) is 0 Å². The van der Waals surface area contributed by atoms with E-state index < -0.39 is 5.41 Å². The third-order valence-electron chi connectivity index (χ3n) is 3.90. The Hall–Kier alpha value is -1.50. The predicted molar refractivity (Wildman–Crippen MR) is 95.5 cm³/mol. The minimum absolute atomic E-state index is 0. The summed E-state index contributed by atoms with van der Waals surface area (Å²) in [6.45, 7) is 7.65. The van der Waals surface area contributed by atoms with Gasteiger partial charge in [0.2, 0.25) is 5.91 Å². The molecule has 1 aliphatic heterocycles. The van der Waals surface area contributed by atoms with Gasteiger partial charge in [-0.05, 0) is 31.5 Å². The molecule has 1 aliphatic rings. The molecule has 0 unspecified atom stereocenters. The number of ether oxygens (including phenoxy) is 3. The van der Waals surface area contributed by atoms with Gasteiger partial charge in [0.05, 0.1) is 12.0 Å². The average Bonchev–Trinajstić information content (AvgIpc) is 2.57. The molecule has 1 amide bonds. The Bertz CT molecular complexity index is 537. The van der Waals surface area contributed by atoms with E-state index in [4.69, 9.17) is 14.2 Å². The molecule has 0 radical (unpaired) electrons. The highest BCUT2D eigenvalue weighted by Crippen LogP contribution is 2.35. The van der Waals surface area contributed by atoms with Crippen LogP contribution in [0.3, 0.4) is 0 Å². The van der Waals surface area contributed by atoms with Crippen LogP contribution in [0.15, 0.2) is 18.2 Å². The third-order valence-corrected chi connectivity index (χ3v) is 3.90. The molecule has 24 heavy (non-hydrogen) atoms. The second-order valence-electron chi connectivity index (χ2n) is 5.98. The summed E-state index contributed by atoms with van der Waals surface area (Å²) < 4.78 is 16.1. The Labute approximate surface area is 149 Å². The van der Waals surface area contributed by atoms with Crippen molar-refractivity contribution in [2.45, 2.75) is 19.3 Å². The third kappa shape index (κ3) is 5.26. The summed E-state index contributed by atoms with van der Waals surface area (Å²) in [6, 6.07) is 5.68. The first-order valence-electron chi connectivity index (χ1n) is 7.94. The van der Waals surface area contributed by atoms with Gasteiger partial charge < -0.3 is 24.8 Å². The molecule has 2 rings (SSSR count). The fourth-order valence-corrected chi connectivity index (χ4v) is 2.35. The fraction of sp³-hybridized carbons (Fsp3) is 0.588. The van der Waals surface area contributed by atoms with Gasteiger partial charge in [-0.25, -0.2) is 0 Å². The molecule has 0 saturated heterocycles. The molecule has 6 nitrogen and oxygen atoms in total. The summed E-state index contributed by atoms with van der Waals surface area (Å²) in [6.07, 6.45) is 0. The van der Waals surface area contributed by atoms with Crippen molar-refractivity contribution in [1.82, 2.24) is 10.6 Å². The lowest BCUT2D eigenvalue weighted by molar-refractivity contribution is -0.125. The van der Waals surface area contributed by atoms with Crippen LogP contribution in [0.4, 0.5) is 0 Å². The van der Waals surface area contributed by atoms with E-state index in [2.05, 4.69) is 10.6 Å². The van der Waals surface area contributed by atoms with Crippen molar-refractivity contribution in [2.75, 3.05) is 46.6 Å². The highest BCUT2D eigenvalue weighted by molar-refractivity contribution is 5.87. The minimum Gasteiger partial charge on any atom is -0.486 e. The molecule has 7 heteroatoms. The predicted octanol–water partition coefficient (Wildman–Crippen LogP) is 1.51. The Kier molecular flexibility index (Phi) is 8.31. The van der Waals surface area contributed by atoms with Crippen LogP contribution in [0.1, 0.15) is 19.4 Å². The van der Waals surface area contributed by atoms with Crippen molar-refractivity contribution in [3.05, 3.63) is 23.8 Å². The lowest BCUT2D eigenvalue weighted by atomic mass is 9.83. The molecule has 0 aromatic heterocycles. The average molecular weight is 359 g/mol. The molecule has 0 aliphatic carbocycles.